The predicted molar refractivity (Wildman–Crippen MR) is 91.0 cm³/mol. The van der Waals surface area contributed by atoms with E-state index in [4.69, 9.17) is 0 Å². The van der Waals surface area contributed by atoms with Crippen LogP contribution in [0.5, 0.6) is 0 Å². The minimum absolute atomic E-state index is 0.294. The summed E-state index contributed by atoms with van der Waals surface area (Å²) >= 11 is 0. The first-order valence-corrected chi connectivity index (χ1v) is 8.00. The summed E-state index contributed by atoms with van der Waals surface area (Å²) in [5, 5.41) is 7.87. The van der Waals surface area contributed by atoms with Gasteiger partial charge in [0, 0.05) is 37.4 Å². The Kier molecular flexibility index (Phi) is 4.88. The quantitative estimate of drug-likeness (QED) is 0.730. The van der Waals surface area contributed by atoms with E-state index < -0.39 is 0 Å². The van der Waals surface area contributed by atoms with E-state index in [-0.39, 0.29) is 0 Å². The van der Waals surface area contributed by atoms with Gasteiger partial charge in [-0.2, -0.15) is 5.10 Å². The molecule has 0 saturated heterocycles. The highest BCUT2D eigenvalue weighted by Crippen LogP contribution is 2.10. The van der Waals surface area contributed by atoms with E-state index in [2.05, 4.69) is 58.1 Å². The van der Waals surface area contributed by atoms with E-state index in [1.54, 1.807) is 0 Å². The van der Waals surface area contributed by atoms with Crippen LogP contribution in [-0.4, -0.2) is 25.4 Å². The molecule has 0 amide bonds. The highest BCUT2D eigenvalue weighted by Gasteiger charge is 2.14. The number of benzene rings is 1. The van der Waals surface area contributed by atoms with Crippen molar-refractivity contribution in [3.63, 3.8) is 0 Å². The Morgan fingerprint density at radius 2 is 1.87 bits per heavy atom. The summed E-state index contributed by atoms with van der Waals surface area (Å²) in [5.74, 6) is 1.05. The van der Waals surface area contributed by atoms with Crippen molar-refractivity contribution in [2.75, 3.05) is 0 Å². The molecule has 2 atom stereocenters. The van der Waals surface area contributed by atoms with Gasteiger partial charge in [-0.25, -0.2) is 4.98 Å². The maximum absolute atomic E-state index is 4.48. The molecule has 2 heterocycles. The second kappa shape index (κ2) is 7.24. The molecule has 5 nitrogen and oxygen atoms in total. The van der Waals surface area contributed by atoms with Gasteiger partial charge in [-0.15, -0.1) is 0 Å². The lowest BCUT2D eigenvalue weighted by Crippen LogP contribution is -2.34. The Morgan fingerprint density at radius 1 is 1.04 bits per heavy atom. The van der Waals surface area contributed by atoms with Gasteiger partial charge in [0.25, 0.3) is 0 Å². The maximum atomic E-state index is 4.48. The summed E-state index contributed by atoms with van der Waals surface area (Å²) in [6.07, 6.45) is 7.71. The van der Waals surface area contributed by atoms with E-state index in [1.807, 2.05) is 41.6 Å². The third-order valence-corrected chi connectivity index (χ3v) is 4.25. The Labute approximate surface area is 137 Å². The molecule has 120 valence electrons. The smallest absolute Gasteiger partial charge is 0.122 e. The standard InChI is InChI=1S/C18H23N5/c1-15(16(2)23-11-6-9-21-23)20-13-18-19-10-12-22(18)14-17-7-4-3-5-8-17/h3-12,15-16,20H,13-14H2,1-2H3/t15-,16+/m1/s1. The maximum Gasteiger partial charge on any atom is 0.122 e. The number of imidazole rings is 1. The number of rotatable bonds is 7. The highest BCUT2D eigenvalue weighted by atomic mass is 15.3. The summed E-state index contributed by atoms with van der Waals surface area (Å²) in [6, 6.07) is 13.0. The van der Waals surface area contributed by atoms with Crippen molar-refractivity contribution in [1.82, 2.24) is 24.6 Å². The van der Waals surface area contributed by atoms with Gasteiger partial charge in [-0.3, -0.25) is 4.68 Å². The number of hydrogen-bond donors (Lipinski definition) is 1. The molecule has 0 unspecified atom stereocenters. The van der Waals surface area contributed by atoms with Gasteiger partial charge in [-0.05, 0) is 25.5 Å². The fourth-order valence-electron chi connectivity index (χ4n) is 2.60. The fourth-order valence-corrected chi connectivity index (χ4v) is 2.60. The zero-order valence-corrected chi connectivity index (χ0v) is 13.6. The minimum atomic E-state index is 0.294. The lowest BCUT2D eigenvalue weighted by atomic mass is 10.2. The zero-order chi connectivity index (χ0) is 16.1. The van der Waals surface area contributed by atoms with Crippen molar-refractivity contribution in [2.45, 2.75) is 39.0 Å². The van der Waals surface area contributed by atoms with E-state index in [1.165, 1.54) is 5.56 Å². The Morgan fingerprint density at radius 3 is 2.61 bits per heavy atom. The molecule has 3 rings (SSSR count). The van der Waals surface area contributed by atoms with Crippen LogP contribution in [0.4, 0.5) is 0 Å². The third-order valence-electron chi connectivity index (χ3n) is 4.25. The second-order valence-electron chi connectivity index (χ2n) is 5.85. The molecule has 0 bridgehead atoms. The molecule has 1 N–H and O–H groups in total. The van der Waals surface area contributed by atoms with Gasteiger partial charge < -0.3 is 9.88 Å². The summed E-state index contributed by atoms with van der Waals surface area (Å²) in [6.45, 7) is 5.94. The molecule has 5 heteroatoms. The van der Waals surface area contributed by atoms with Crippen LogP contribution in [0.3, 0.4) is 0 Å². The number of hydrogen-bond acceptors (Lipinski definition) is 3. The van der Waals surface area contributed by atoms with Crippen LogP contribution in [0.15, 0.2) is 61.2 Å². The summed E-state index contributed by atoms with van der Waals surface area (Å²) in [4.78, 5) is 4.48. The van der Waals surface area contributed by atoms with Crippen LogP contribution in [0.25, 0.3) is 0 Å². The van der Waals surface area contributed by atoms with Crippen molar-refractivity contribution < 1.29 is 0 Å². The molecule has 1 aromatic carbocycles. The SMILES string of the molecule is C[C@@H](NCc1nccn1Cc1ccccc1)[C@H](C)n1cccn1. The Hall–Kier alpha value is -2.40. The largest absolute Gasteiger partial charge is 0.329 e. The molecule has 2 aromatic heterocycles. The van der Waals surface area contributed by atoms with Crippen LogP contribution in [-0.2, 0) is 13.1 Å². The number of nitrogens with zero attached hydrogens (tertiary/aromatic N) is 4. The lowest BCUT2D eigenvalue weighted by molar-refractivity contribution is 0.360. The van der Waals surface area contributed by atoms with Crippen molar-refractivity contribution in [3.8, 4) is 0 Å². The number of nitrogens with one attached hydrogen (secondary N) is 1. The van der Waals surface area contributed by atoms with Crippen molar-refractivity contribution in [3.05, 3.63) is 72.6 Å². The van der Waals surface area contributed by atoms with E-state index in [0.717, 1.165) is 18.9 Å². The van der Waals surface area contributed by atoms with Gasteiger partial charge in [0.2, 0.25) is 0 Å². The van der Waals surface area contributed by atoms with Crippen molar-refractivity contribution >= 4 is 0 Å². The van der Waals surface area contributed by atoms with Gasteiger partial charge >= 0.3 is 0 Å². The Balaban J connectivity index is 1.60. The first kappa shape index (κ1) is 15.5. The van der Waals surface area contributed by atoms with Crippen LogP contribution < -0.4 is 5.32 Å². The van der Waals surface area contributed by atoms with Gasteiger partial charge in [-0.1, -0.05) is 30.3 Å². The molecule has 23 heavy (non-hydrogen) atoms. The molecule has 0 aliphatic rings. The monoisotopic (exact) mass is 309 g/mol. The molecule has 0 fully saturated rings. The summed E-state index contributed by atoms with van der Waals surface area (Å²) in [5.41, 5.74) is 1.28. The van der Waals surface area contributed by atoms with Crippen LogP contribution >= 0.6 is 0 Å². The molecule has 3 aromatic rings. The predicted octanol–water partition coefficient (Wildman–Crippen LogP) is 2.87. The van der Waals surface area contributed by atoms with Gasteiger partial charge in [0.15, 0.2) is 0 Å². The first-order valence-electron chi connectivity index (χ1n) is 8.00. The highest BCUT2D eigenvalue weighted by molar-refractivity contribution is 5.15. The van der Waals surface area contributed by atoms with Gasteiger partial charge in [0.1, 0.15) is 5.82 Å². The summed E-state index contributed by atoms with van der Waals surface area (Å²) in [7, 11) is 0. The summed E-state index contributed by atoms with van der Waals surface area (Å²) < 4.78 is 4.17. The molecule has 0 spiro atoms. The van der Waals surface area contributed by atoms with E-state index in [9.17, 15) is 0 Å². The average molecular weight is 309 g/mol. The molecular weight excluding hydrogens is 286 g/mol. The van der Waals surface area contributed by atoms with Crippen LogP contribution in [0.1, 0.15) is 31.3 Å². The molecule has 0 aliphatic heterocycles. The van der Waals surface area contributed by atoms with Crippen molar-refractivity contribution in [1.29, 1.82) is 0 Å². The molecule has 0 saturated carbocycles. The Bertz CT molecular complexity index is 702. The van der Waals surface area contributed by atoms with E-state index >= 15 is 0 Å². The molecule has 0 radical (unpaired) electrons. The zero-order valence-electron chi connectivity index (χ0n) is 13.6. The fraction of sp³-hybridized carbons (Fsp3) is 0.333. The normalized spacial score (nSPS) is 13.8. The third kappa shape index (κ3) is 3.87. The lowest BCUT2D eigenvalue weighted by Gasteiger charge is -2.22. The van der Waals surface area contributed by atoms with Crippen molar-refractivity contribution in [2.24, 2.45) is 0 Å². The average Bonchev–Trinajstić information content (AvgIpc) is 3.25. The topological polar surface area (TPSA) is 47.7 Å². The van der Waals surface area contributed by atoms with Crippen LogP contribution in [0, 0.1) is 0 Å². The van der Waals surface area contributed by atoms with Gasteiger partial charge in [0.05, 0.1) is 12.6 Å². The minimum Gasteiger partial charge on any atom is -0.329 e. The molecule has 0 aliphatic carbocycles. The van der Waals surface area contributed by atoms with Crippen LogP contribution in [0.2, 0.25) is 0 Å². The second-order valence-corrected chi connectivity index (χ2v) is 5.85. The number of aromatic nitrogens is 4. The van der Waals surface area contributed by atoms with E-state index in [0.29, 0.717) is 12.1 Å². The molecular formula is C18H23N5. The first-order chi connectivity index (χ1) is 11.2.